The van der Waals surface area contributed by atoms with Gasteiger partial charge in [0, 0.05) is 17.1 Å². The highest BCUT2D eigenvalue weighted by molar-refractivity contribution is 9.10. The van der Waals surface area contributed by atoms with Gasteiger partial charge in [-0.05, 0) is 65.8 Å². The molecule has 3 aromatic rings. The third-order valence-electron chi connectivity index (χ3n) is 6.38. The van der Waals surface area contributed by atoms with Crippen LogP contribution in [0.3, 0.4) is 0 Å². The molecule has 0 unspecified atom stereocenters. The minimum atomic E-state index is -0.498. The Kier molecular flexibility index (Phi) is 7.36. The standard InChI is InChI=1S/C27H29BrN2O3/c1-32-24-16-20-14-15-30(26(27(29)31)19-6-4-3-5-7-19)23(22(20)17-25(24)33-2)13-10-18-8-11-21(28)12-9-18/h3-9,11-12,16-17,23,26H,10,13-15H2,1-2H3,(H2,29,31)/t23-,26+/m0/s1. The summed E-state index contributed by atoms with van der Waals surface area (Å²) in [5.41, 5.74) is 10.5. The van der Waals surface area contributed by atoms with Gasteiger partial charge in [0.25, 0.3) is 0 Å². The normalized spacial score (nSPS) is 16.6. The third kappa shape index (κ3) is 5.07. The molecular formula is C27H29BrN2O3. The van der Waals surface area contributed by atoms with E-state index in [1.807, 2.05) is 30.3 Å². The van der Waals surface area contributed by atoms with Crippen LogP contribution < -0.4 is 15.2 Å². The van der Waals surface area contributed by atoms with Crippen LogP contribution in [0, 0.1) is 0 Å². The molecule has 172 valence electrons. The number of fused-ring (bicyclic) bond motifs is 1. The molecule has 33 heavy (non-hydrogen) atoms. The van der Waals surface area contributed by atoms with Crippen molar-refractivity contribution in [3.8, 4) is 11.5 Å². The number of methoxy groups -OCH3 is 2. The van der Waals surface area contributed by atoms with Gasteiger partial charge in [0.1, 0.15) is 6.04 Å². The van der Waals surface area contributed by atoms with Gasteiger partial charge in [0.05, 0.1) is 14.2 Å². The van der Waals surface area contributed by atoms with Crippen molar-refractivity contribution < 1.29 is 14.3 Å². The van der Waals surface area contributed by atoms with Crippen molar-refractivity contribution in [2.45, 2.75) is 31.3 Å². The summed E-state index contributed by atoms with van der Waals surface area (Å²) in [7, 11) is 3.31. The zero-order valence-corrected chi connectivity index (χ0v) is 20.5. The molecule has 0 aliphatic carbocycles. The molecule has 0 radical (unpaired) electrons. The van der Waals surface area contributed by atoms with Gasteiger partial charge in [-0.2, -0.15) is 0 Å². The summed E-state index contributed by atoms with van der Waals surface area (Å²) in [6.07, 6.45) is 2.53. The molecule has 0 saturated heterocycles. The first-order valence-electron chi connectivity index (χ1n) is 11.1. The van der Waals surface area contributed by atoms with Crippen LogP contribution in [-0.2, 0) is 17.6 Å². The maximum Gasteiger partial charge on any atom is 0.239 e. The van der Waals surface area contributed by atoms with Gasteiger partial charge in [-0.1, -0.05) is 58.4 Å². The second-order valence-corrected chi connectivity index (χ2v) is 9.21. The summed E-state index contributed by atoms with van der Waals surface area (Å²) in [6.45, 7) is 0.732. The van der Waals surface area contributed by atoms with Crippen LogP contribution in [0.4, 0.5) is 0 Å². The molecule has 0 fully saturated rings. The molecule has 5 nitrogen and oxygen atoms in total. The zero-order valence-electron chi connectivity index (χ0n) is 19.0. The van der Waals surface area contributed by atoms with Gasteiger partial charge in [-0.3, -0.25) is 9.69 Å². The summed E-state index contributed by atoms with van der Waals surface area (Å²) < 4.78 is 12.2. The third-order valence-corrected chi connectivity index (χ3v) is 6.91. The molecule has 2 atom stereocenters. The van der Waals surface area contributed by atoms with Gasteiger partial charge in [0.2, 0.25) is 5.91 Å². The first kappa shape index (κ1) is 23.3. The van der Waals surface area contributed by atoms with E-state index in [1.54, 1.807) is 14.2 Å². The summed E-state index contributed by atoms with van der Waals surface area (Å²) in [6, 6.07) is 21.9. The number of rotatable bonds is 8. The number of carbonyl (C=O) groups excluding carboxylic acids is 1. The number of halogens is 1. The van der Waals surface area contributed by atoms with Crippen LogP contribution in [0.2, 0.25) is 0 Å². The van der Waals surface area contributed by atoms with E-state index in [2.05, 4.69) is 57.2 Å². The van der Waals surface area contributed by atoms with Crippen molar-refractivity contribution in [1.29, 1.82) is 0 Å². The number of nitrogens with zero attached hydrogens (tertiary/aromatic N) is 1. The molecule has 0 aromatic heterocycles. The lowest BCUT2D eigenvalue weighted by Crippen LogP contribution is -2.44. The molecule has 0 spiro atoms. The lowest BCUT2D eigenvalue weighted by molar-refractivity contribution is -0.124. The lowest BCUT2D eigenvalue weighted by atomic mass is 9.86. The average molecular weight is 509 g/mol. The minimum absolute atomic E-state index is 0.00918. The maximum absolute atomic E-state index is 12.7. The number of primary amides is 1. The summed E-state index contributed by atoms with van der Waals surface area (Å²) in [5, 5.41) is 0. The number of hydrogen-bond acceptors (Lipinski definition) is 4. The largest absolute Gasteiger partial charge is 0.493 e. The molecule has 4 rings (SSSR count). The number of amides is 1. The Balaban J connectivity index is 1.75. The topological polar surface area (TPSA) is 64.8 Å². The molecule has 0 bridgehead atoms. The van der Waals surface area contributed by atoms with Crippen molar-refractivity contribution in [3.63, 3.8) is 0 Å². The van der Waals surface area contributed by atoms with E-state index in [0.717, 1.165) is 47.2 Å². The van der Waals surface area contributed by atoms with Crippen molar-refractivity contribution in [1.82, 2.24) is 4.90 Å². The van der Waals surface area contributed by atoms with Gasteiger partial charge >= 0.3 is 0 Å². The van der Waals surface area contributed by atoms with Crippen molar-refractivity contribution >= 4 is 21.8 Å². The van der Waals surface area contributed by atoms with Crippen molar-refractivity contribution in [2.24, 2.45) is 5.73 Å². The molecule has 0 saturated carbocycles. The van der Waals surface area contributed by atoms with E-state index in [9.17, 15) is 4.79 Å². The lowest BCUT2D eigenvalue weighted by Gasteiger charge is -2.41. The van der Waals surface area contributed by atoms with Crippen LogP contribution in [-0.4, -0.2) is 31.6 Å². The number of carbonyl (C=O) groups is 1. The van der Waals surface area contributed by atoms with Crippen LogP contribution in [0.15, 0.2) is 71.2 Å². The number of hydrogen-bond donors (Lipinski definition) is 1. The fraction of sp³-hybridized carbons (Fsp3) is 0.296. The SMILES string of the molecule is COc1cc2c(cc1OC)[C@H](CCc1ccc(Br)cc1)N([C@@H](C(N)=O)c1ccccc1)CC2. The van der Waals surface area contributed by atoms with Gasteiger partial charge < -0.3 is 15.2 Å². The molecule has 2 N–H and O–H groups in total. The Hall–Kier alpha value is -2.83. The smallest absolute Gasteiger partial charge is 0.239 e. The van der Waals surface area contributed by atoms with Crippen LogP contribution in [0.25, 0.3) is 0 Å². The Morgan fingerprint density at radius 2 is 1.73 bits per heavy atom. The van der Waals surface area contributed by atoms with E-state index in [-0.39, 0.29) is 11.9 Å². The molecule has 3 aromatic carbocycles. The summed E-state index contributed by atoms with van der Waals surface area (Å²) in [4.78, 5) is 15.0. The molecular weight excluding hydrogens is 480 g/mol. The fourth-order valence-electron chi connectivity index (χ4n) is 4.79. The van der Waals surface area contributed by atoms with Crippen LogP contribution in [0.5, 0.6) is 11.5 Å². The van der Waals surface area contributed by atoms with E-state index in [4.69, 9.17) is 15.2 Å². The molecule has 6 heteroatoms. The van der Waals surface area contributed by atoms with Crippen LogP contribution >= 0.6 is 15.9 Å². The quantitative estimate of drug-likeness (QED) is 0.452. The Morgan fingerprint density at radius 1 is 1.06 bits per heavy atom. The van der Waals surface area contributed by atoms with Gasteiger partial charge in [0.15, 0.2) is 11.5 Å². The molecule has 1 aliphatic rings. The maximum atomic E-state index is 12.7. The van der Waals surface area contributed by atoms with E-state index in [0.29, 0.717) is 5.75 Å². The number of nitrogens with two attached hydrogens (primary N) is 1. The Bertz CT molecular complexity index is 1100. The molecule has 1 amide bonds. The summed E-state index contributed by atoms with van der Waals surface area (Å²) in [5.74, 6) is 1.09. The second-order valence-electron chi connectivity index (χ2n) is 8.29. The molecule has 1 heterocycles. The highest BCUT2D eigenvalue weighted by Gasteiger charge is 2.36. The van der Waals surface area contributed by atoms with Gasteiger partial charge in [-0.25, -0.2) is 0 Å². The molecule has 1 aliphatic heterocycles. The van der Waals surface area contributed by atoms with E-state index in [1.165, 1.54) is 11.1 Å². The summed E-state index contributed by atoms with van der Waals surface area (Å²) >= 11 is 3.51. The minimum Gasteiger partial charge on any atom is -0.493 e. The second kappa shape index (κ2) is 10.4. The predicted octanol–water partition coefficient (Wildman–Crippen LogP) is 5.22. The van der Waals surface area contributed by atoms with Crippen molar-refractivity contribution in [2.75, 3.05) is 20.8 Å². The van der Waals surface area contributed by atoms with E-state index >= 15 is 0 Å². The fourth-order valence-corrected chi connectivity index (χ4v) is 5.05. The highest BCUT2D eigenvalue weighted by atomic mass is 79.9. The van der Waals surface area contributed by atoms with Crippen molar-refractivity contribution in [3.05, 3.63) is 93.5 Å². The number of aryl methyl sites for hydroxylation is 1. The Morgan fingerprint density at radius 3 is 2.36 bits per heavy atom. The van der Waals surface area contributed by atoms with Gasteiger partial charge in [-0.15, -0.1) is 0 Å². The number of ether oxygens (including phenoxy) is 2. The average Bonchev–Trinajstić information content (AvgIpc) is 2.84. The van der Waals surface area contributed by atoms with Crippen LogP contribution in [0.1, 0.15) is 40.8 Å². The van der Waals surface area contributed by atoms with E-state index < -0.39 is 6.04 Å². The highest BCUT2D eigenvalue weighted by Crippen LogP contribution is 2.43. The monoisotopic (exact) mass is 508 g/mol. The zero-order chi connectivity index (χ0) is 23.4. The predicted molar refractivity (Wildman–Crippen MR) is 134 cm³/mol. The number of benzene rings is 3. The Labute approximate surface area is 203 Å². The first-order valence-corrected chi connectivity index (χ1v) is 11.9. The first-order chi connectivity index (χ1) is 16.0.